The lowest BCUT2D eigenvalue weighted by Crippen LogP contribution is -2.40. The van der Waals surface area contributed by atoms with E-state index in [2.05, 4.69) is 10.6 Å². The van der Waals surface area contributed by atoms with Gasteiger partial charge in [-0.05, 0) is 5.56 Å². The van der Waals surface area contributed by atoms with E-state index in [1.807, 2.05) is 71.5 Å². The van der Waals surface area contributed by atoms with Crippen molar-refractivity contribution in [3.63, 3.8) is 0 Å². The van der Waals surface area contributed by atoms with Gasteiger partial charge in [-0.2, -0.15) is 5.10 Å². The van der Waals surface area contributed by atoms with Crippen molar-refractivity contribution in [2.24, 2.45) is 0 Å². The van der Waals surface area contributed by atoms with Crippen LogP contribution >= 0.6 is 0 Å². The topological polar surface area (TPSA) is 59.0 Å². The number of alkyl halides is 2. The first-order valence-electron chi connectivity index (χ1n) is 9.55. The maximum Gasteiger partial charge on any atom is 0.262 e. The minimum Gasteiger partial charge on any atom is -0.351 e. The molecule has 1 saturated heterocycles. The summed E-state index contributed by atoms with van der Waals surface area (Å²) in [4.78, 5) is 12.3. The standard InChI is InChI=1S/C22H22F2N4O/c23-22(24)11-19(26-15-22)21(29)25-12-18-14-28(13-16-7-3-1-4-8-16)27-20(18)17-9-5-2-6-10-17/h1-10,14,19,26H,11-13,15H2,(H,25,29). The third kappa shape index (κ3) is 4.68. The number of carbonyl (C=O) groups excluding carboxylic acids is 1. The smallest absolute Gasteiger partial charge is 0.262 e. The van der Waals surface area contributed by atoms with Gasteiger partial charge in [0.25, 0.3) is 5.92 Å². The minimum absolute atomic E-state index is 0.224. The summed E-state index contributed by atoms with van der Waals surface area (Å²) in [5.74, 6) is -3.25. The fraction of sp³-hybridized carbons (Fsp3) is 0.273. The molecule has 1 atom stereocenters. The molecular formula is C22H22F2N4O. The number of rotatable bonds is 6. The molecule has 1 aromatic heterocycles. The third-order valence-corrected chi connectivity index (χ3v) is 4.95. The van der Waals surface area contributed by atoms with Gasteiger partial charge in [0.2, 0.25) is 5.91 Å². The van der Waals surface area contributed by atoms with Crippen LogP contribution in [0.5, 0.6) is 0 Å². The van der Waals surface area contributed by atoms with E-state index < -0.39 is 30.8 Å². The Bertz CT molecular complexity index is 973. The Morgan fingerprint density at radius 3 is 2.48 bits per heavy atom. The number of carbonyl (C=O) groups is 1. The van der Waals surface area contributed by atoms with Crippen LogP contribution in [0.1, 0.15) is 17.5 Å². The molecule has 7 heteroatoms. The fourth-order valence-corrected chi connectivity index (χ4v) is 3.49. The minimum atomic E-state index is -2.84. The molecule has 3 aromatic rings. The van der Waals surface area contributed by atoms with Gasteiger partial charge < -0.3 is 5.32 Å². The van der Waals surface area contributed by atoms with Crippen molar-refractivity contribution in [2.45, 2.75) is 31.5 Å². The normalized spacial score (nSPS) is 17.9. The highest BCUT2D eigenvalue weighted by molar-refractivity contribution is 5.82. The van der Waals surface area contributed by atoms with E-state index in [1.165, 1.54) is 0 Å². The number of hydrogen-bond donors (Lipinski definition) is 2. The summed E-state index contributed by atoms with van der Waals surface area (Å²) in [5.41, 5.74) is 3.66. The molecule has 2 N–H and O–H groups in total. The predicted molar refractivity (Wildman–Crippen MR) is 106 cm³/mol. The Morgan fingerprint density at radius 2 is 1.83 bits per heavy atom. The van der Waals surface area contributed by atoms with Gasteiger partial charge in [0.15, 0.2) is 0 Å². The maximum atomic E-state index is 13.4. The SMILES string of the molecule is O=C(NCc1cn(Cc2ccccc2)nc1-c1ccccc1)C1CC(F)(F)CN1. The van der Waals surface area contributed by atoms with Crippen molar-refractivity contribution in [1.29, 1.82) is 0 Å². The van der Waals surface area contributed by atoms with Crippen LogP contribution < -0.4 is 10.6 Å². The molecule has 1 aliphatic heterocycles. The van der Waals surface area contributed by atoms with Crippen molar-refractivity contribution >= 4 is 5.91 Å². The molecule has 0 spiro atoms. The molecule has 2 heterocycles. The van der Waals surface area contributed by atoms with E-state index in [4.69, 9.17) is 5.10 Å². The van der Waals surface area contributed by atoms with Crippen LogP contribution in [0.2, 0.25) is 0 Å². The Balaban J connectivity index is 1.52. The van der Waals surface area contributed by atoms with Crippen LogP contribution in [-0.4, -0.2) is 34.2 Å². The molecule has 0 bridgehead atoms. The highest BCUT2D eigenvalue weighted by Gasteiger charge is 2.42. The second kappa shape index (κ2) is 8.13. The molecule has 5 nitrogen and oxygen atoms in total. The van der Waals surface area contributed by atoms with Crippen LogP contribution in [0.15, 0.2) is 66.9 Å². The number of nitrogens with zero attached hydrogens (tertiary/aromatic N) is 2. The molecule has 1 aliphatic rings. The zero-order valence-corrected chi connectivity index (χ0v) is 15.8. The van der Waals surface area contributed by atoms with Gasteiger partial charge in [-0.15, -0.1) is 0 Å². The second-order valence-electron chi connectivity index (χ2n) is 7.26. The molecule has 2 aromatic carbocycles. The Morgan fingerprint density at radius 1 is 1.14 bits per heavy atom. The lowest BCUT2D eigenvalue weighted by atomic mass is 10.1. The third-order valence-electron chi connectivity index (χ3n) is 4.95. The Kier molecular flexibility index (Phi) is 5.40. The quantitative estimate of drug-likeness (QED) is 0.673. The number of amides is 1. The largest absolute Gasteiger partial charge is 0.351 e. The van der Waals surface area contributed by atoms with Crippen LogP contribution in [0.25, 0.3) is 11.3 Å². The molecule has 1 fully saturated rings. The van der Waals surface area contributed by atoms with Gasteiger partial charge >= 0.3 is 0 Å². The molecule has 0 radical (unpaired) electrons. The zero-order chi connectivity index (χ0) is 20.3. The summed E-state index contributed by atoms with van der Waals surface area (Å²) < 4.78 is 28.6. The van der Waals surface area contributed by atoms with Crippen molar-refractivity contribution in [3.8, 4) is 11.3 Å². The van der Waals surface area contributed by atoms with Gasteiger partial charge in [-0.25, -0.2) is 8.78 Å². The predicted octanol–water partition coefficient (Wildman–Crippen LogP) is 3.21. The van der Waals surface area contributed by atoms with Crippen molar-refractivity contribution < 1.29 is 13.6 Å². The lowest BCUT2D eigenvalue weighted by molar-refractivity contribution is -0.123. The average molecular weight is 396 g/mol. The number of nitrogens with one attached hydrogen (secondary N) is 2. The number of benzene rings is 2. The Hall–Kier alpha value is -3.06. The molecule has 0 aliphatic carbocycles. The van der Waals surface area contributed by atoms with E-state index in [0.29, 0.717) is 6.54 Å². The summed E-state index contributed by atoms with van der Waals surface area (Å²) in [6, 6.07) is 18.8. The van der Waals surface area contributed by atoms with Gasteiger partial charge in [0.05, 0.1) is 24.8 Å². The van der Waals surface area contributed by atoms with Crippen LogP contribution in [0, 0.1) is 0 Å². The monoisotopic (exact) mass is 396 g/mol. The summed E-state index contributed by atoms with van der Waals surface area (Å²) >= 11 is 0. The average Bonchev–Trinajstić information content (AvgIpc) is 3.30. The first-order valence-corrected chi connectivity index (χ1v) is 9.55. The highest BCUT2D eigenvalue weighted by Crippen LogP contribution is 2.26. The van der Waals surface area contributed by atoms with Crippen LogP contribution in [0.4, 0.5) is 8.78 Å². The fourth-order valence-electron chi connectivity index (χ4n) is 3.49. The van der Waals surface area contributed by atoms with E-state index in [-0.39, 0.29) is 6.54 Å². The van der Waals surface area contributed by atoms with E-state index >= 15 is 0 Å². The maximum absolute atomic E-state index is 13.4. The van der Waals surface area contributed by atoms with Crippen LogP contribution in [0.3, 0.4) is 0 Å². The summed E-state index contributed by atoms with van der Waals surface area (Å²) in [5, 5.41) is 10.1. The molecule has 1 amide bonds. The molecule has 4 rings (SSSR count). The lowest BCUT2D eigenvalue weighted by Gasteiger charge is -2.11. The first kappa shape index (κ1) is 19.3. The van der Waals surface area contributed by atoms with Crippen molar-refractivity contribution in [1.82, 2.24) is 20.4 Å². The van der Waals surface area contributed by atoms with Crippen molar-refractivity contribution in [3.05, 3.63) is 78.0 Å². The molecule has 1 unspecified atom stereocenters. The van der Waals surface area contributed by atoms with Crippen LogP contribution in [-0.2, 0) is 17.9 Å². The zero-order valence-electron chi connectivity index (χ0n) is 15.8. The summed E-state index contributed by atoms with van der Waals surface area (Å²) in [6.07, 6.45) is 1.42. The van der Waals surface area contributed by atoms with Gasteiger partial charge in [-0.3, -0.25) is 14.8 Å². The second-order valence-corrected chi connectivity index (χ2v) is 7.26. The molecular weight excluding hydrogens is 374 g/mol. The van der Waals surface area contributed by atoms with Gasteiger partial charge in [0, 0.05) is 30.3 Å². The summed E-state index contributed by atoms with van der Waals surface area (Å²) in [7, 11) is 0. The Labute approximate surface area is 167 Å². The number of aromatic nitrogens is 2. The first-order chi connectivity index (χ1) is 14.0. The van der Waals surface area contributed by atoms with E-state index in [1.54, 1.807) is 0 Å². The number of halogens is 2. The van der Waals surface area contributed by atoms with E-state index in [0.717, 1.165) is 22.4 Å². The number of hydrogen-bond acceptors (Lipinski definition) is 3. The van der Waals surface area contributed by atoms with Gasteiger partial charge in [0.1, 0.15) is 0 Å². The summed E-state index contributed by atoms with van der Waals surface area (Å²) in [6.45, 7) is 0.363. The highest BCUT2D eigenvalue weighted by atomic mass is 19.3. The molecule has 150 valence electrons. The van der Waals surface area contributed by atoms with E-state index in [9.17, 15) is 13.6 Å². The van der Waals surface area contributed by atoms with Gasteiger partial charge in [-0.1, -0.05) is 60.7 Å². The van der Waals surface area contributed by atoms with Crippen molar-refractivity contribution in [2.75, 3.05) is 6.54 Å². The molecule has 0 saturated carbocycles. The molecule has 29 heavy (non-hydrogen) atoms.